The molecule has 5 heteroatoms. The van der Waals surface area contributed by atoms with Crippen LogP contribution >= 0.6 is 12.4 Å². The molecule has 2 aliphatic heterocycles. The summed E-state index contributed by atoms with van der Waals surface area (Å²) in [4.78, 5) is 14.0. The molecule has 100 valence electrons. The molecule has 0 aromatic heterocycles. The standard InChI is InChI=1S/C12H22N2O2.ClH/c1-13-10-4-6-14(7-5-10)12(15)9-11-3-2-8-16-11;/h10-11,13H,2-9H2,1H3;1H. The van der Waals surface area contributed by atoms with Crippen molar-refractivity contribution in [2.75, 3.05) is 26.7 Å². The summed E-state index contributed by atoms with van der Waals surface area (Å²) < 4.78 is 5.50. The lowest BCUT2D eigenvalue weighted by Gasteiger charge is -2.32. The smallest absolute Gasteiger partial charge is 0.225 e. The van der Waals surface area contributed by atoms with Crippen molar-refractivity contribution >= 4 is 18.3 Å². The molecule has 0 aliphatic carbocycles. The van der Waals surface area contributed by atoms with Crippen LogP contribution in [0.4, 0.5) is 0 Å². The molecule has 1 atom stereocenters. The van der Waals surface area contributed by atoms with Gasteiger partial charge in [0.15, 0.2) is 0 Å². The quantitative estimate of drug-likeness (QED) is 0.831. The minimum Gasteiger partial charge on any atom is -0.378 e. The van der Waals surface area contributed by atoms with Crippen LogP contribution in [0.5, 0.6) is 0 Å². The zero-order chi connectivity index (χ0) is 11.4. The predicted molar refractivity (Wildman–Crippen MR) is 69.5 cm³/mol. The van der Waals surface area contributed by atoms with Crippen LogP contribution < -0.4 is 5.32 Å². The van der Waals surface area contributed by atoms with Gasteiger partial charge in [0.1, 0.15) is 0 Å². The molecule has 2 saturated heterocycles. The predicted octanol–water partition coefficient (Wildman–Crippen LogP) is 1.19. The Hall–Kier alpha value is -0.320. The molecule has 0 aromatic carbocycles. The fourth-order valence-corrected chi connectivity index (χ4v) is 2.55. The molecular weight excluding hydrogens is 240 g/mol. The maximum absolute atomic E-state index is 12.0. The number of nitrogens with one attached hydrogen (secondary N) is 1. The van der Waals surface area contributed by atoms with Gasteiger partial charge >= 0.3 is 0 Å². The third-order valence-corrected chi connectivity index (χ3v) is 3.68. The molecule has 0 aromatic rings. The highest BCUT2D eigenvalue weighted by atomic mass is 35.5. The van der Waals surface area contributed by atoms with E-state index in [0.29, 0.717) is 12.5 Å². The van der Waals surface area contributed by atoms with Gasteiger partial charge in [0, 0.05) is 25.7 Å². The fourth-order valence-electron chi connectivity index (χ4n) is 2.55. The third kappa shape index (κ3) is 4.12. The van der Waals surface area contributed by atoms with E-state index in [2.05, 4.69) is 5.32 Å². The van der Waals surface area contributed by atoms with Crippen LogP contribution in [-0.4, -0.2) is 49.7 Å². The molecule has 0 saturated carbocycles. The Morgan fingerprint density at radius 1 is 1.35 bits per heavy atom. The molecule has 0 spiro atoms. The number of hydrogen-bond donors (Lipinski definition) is 1. The summed E-state index contributed by atoms with van der Waals surface area (Å²) in [6, 6.07) is 0.590. The van der Waals surface area contributed by atoms with Gasteiger partial charge in [-0.25, -0.2) is 0 Å². The maximum atomic E-state index is 12.0. The second-order valence-corrected chi connectivity index (χ2v) is 4.78. The summed E-state index contributed by atoms with van der Waals surface area (Å²) in [6.07, 6.45) is 5.10. The number of ether oxygens (including phenoxy) is 1. The Morgan fingerprint density at radius 2 is 2.06 bits per heavy atom. The average molecular weight is 263 g/mol. The lowest BCUT2D eigenvalue weighted by Crippen LogP contribution is -2.44. The number of halogens is 1. The van der Waals surface area contributed by atoms with Gasteiger partial charge in [-0.05, 0) is 32.7 Å². The largest absolute Gasteiger partial charge is 0.378 e. The van der Waals surface area contributed by atoms with E-state index in [1.54, 1.807) is 0 Å². The molecular formula is C12H23ClN2O2. The van der Waals surface area contributed by atoms with E-state index >= 15 is 0 Å². The summed E-state index contributed by atoms with van der Waals surface area (Å²) in [7, 11) is 1.99. The number of amides is 1. The lowest BCUT2D eigenvalue weighted by atomic mass is 10.0. The first-order chi connectivity index (χ1) is 7.79. The van der Waals surface area contributed by atoms with Crippen molar-refractivity contribution in [3.63, 3.8) is 0 Å². The Kier molecular flexibility index (Phi) is 6.23. The van der Waals surface area contributed by atoms with Crippen LogP contribution in [0, 0.1) is 0 Å². The molecule has 1 amide bonds. The van der Waals surface area contributed by atoms with Gasteiger partial charge in [-0.15, -0.1) is 12.4 Å². The fraction of sp³-hybridized carbons (Fsp3) is 0.917. The van der Waals surface area contributed by atoms with Crippen molar-refractivity contribution in [1.82, 2.24) is 10.2 Å². The van der Waals surface area contributed by atoms with E-state index in [0.717, 1.165) is 45.4 Å². The maximum Gasteiger partial charge on any atom is 0.225 e. The second kappa shape index (κ2) is 7.19. The number of nitrogens with zero attached hydrogens (tertiary/aromatic N) is 1. The highest BCUT2D eigenvalue weighted by Gasteiger charge is 2.25. The number of carbonyl (C=O) groups excluding carboxylic acids is 1. The molecule has 2 heterocycles. The van der Waals surface area contributed by atoms with Crippen molar-refractivity contribution < 1.29 is 9.53 Å². The minimum atomic E-state index is 0. The summed E-state index contributed by atoms with van der Waals surface area (Å²) >= 11 is 0. The highest BCUT2D eigenvalue weighted by Crippen LogP contribution is 2.18. The molecule has 0 radical (unpaired) electrons. The Balaban J connectivity index is 0.00000144. The van der Waals surface area contributed by atoms with Gasteiger partial charge in [0.2, 0.25) is 5.91 Å². The van der Waals surface area contributed by atoms with Crippen molar-refractivity contribution in [2.24, 2.45) is 0 Å². The van der Waals surface area contributed by atoms with E-state index in [9.17, 15) is 4.79 Å². The Morgan fingerprint density at radius 3 is 2.59 bits per heavy atom. The van der Waals surface area contributed by atoms with Gasteiger partial charge in [0.05, 0.1) is 12.5 Å². The molecule has 2 rings (SSSR count). The first-order valence-corrected chi connectivity index (χ1v) is 6.36. The molecule has 0 bridgehead atoms. The van der Waals surface area contributed by atoms with E-state index in [4.69, 9.17) is 4.74 Å². The Bertz CT molecular complexity index is 237. The molecule has 17 heavy (non-hydrogen) atoms. The van der Waals surface area contributed by atoms with Crippen LogP contribution in [0.15, 0.2) is 0 Å². The van der Waals surface area contributed by atoms with Gasteiger partial charge in [-0.3, -0.25) is 4.79 Å². The van der Waals surface area contributed by atoms with Gasteiger partial charge in [-0.1, -0.05) is 0 Å². The second-order valence-electron chi connectivity index (χ2n) is 4.78. The number of hydrogen-bond acceptors (Lipinski definition) is 3. The minimum absolute atomic E-state index is 0. The lowest BCUT2D eigenvalue weighted by molar-refractivity contribution is -0.134. The highest BCUT2D eigenvalue weighted by molar-refractivity contribution is 5.85. The van der Waals surface area contributed by atoms with Crippen LogP contribution in [-0.2, 0) is 9.53 Å². The molecule has 2 aliphatic rings. The van der Waals surface area contributed by atoms with Crippen molar-refractivity contribution in [3.8, 4) is 0 Å². The van der Waals surface area contributed by atoms with E-state index in [-0.39, 0.29) is 24.4 Å². The topological polar surface area (TPSA) is 41.6 Å². The first kappa shape index (κ1) is 14.7. The zero-order valence-electron chi connectivity index (χ0n) is 10.5. The van der Waals surface area contributed by atoms with Crippen molar-refractivity contribution in [3.05, 3.63) is 0 Å². The van der Waals surface area contributed by atoms with Crippen LogP contribution in [0.3, 0.4) is 0 Å². The number of likely N-dealkylation sites (tertiary alicyclic amines) is 1. The number of piperidine rings is 1. The van der Waals surface area contributed by atoms with Crippen LogP contribution in [0.1, 0.15) is 32.1 Å². The number of rotatable bonds is 3. The van der Waals surface area contributed by atoms with Crippen molar-refractivity contribution in [2.45, 2.75) is 44.2 Å². The van der Waals surface area contributed by atoms with Gasteiger partial charge in [0.25, 0.3) is 0 Å². The normalized spacial score (nSPS) is 25.7. The third-order valence-electron chi connectivity index (χ3n) is 3.68. The van der Waals surface area contributed by atoms with E-state index in [1.807, 2.05) is 11.9 Å². The SMILES string of the molecule is CNC1CCN(C(=O)CC2CCCO2)CC1.Cl. The molecule has 2 fully saturated rings. The van der Waals surface area contributed by atoms with Gasteiger partial charge < -0.3 is 15.0 Å². The van der Waals surface area contributed by atoms with Crippen LogP contribution in [0.25, 0.3) is 0 Å². The van der Waals surface area contributed by atoms with Crippen molar-refractivity contribution in [1.29, 1.82) is 0 Å². The Labute approximate surface area is 109 Å². The zero-order valence-corrected chi connectivity index (χ0v) is 11.3. The summed E-state index contributed by atoms with van der Waals surface area (Å²) in [6.45, 7) is 2.63. The van der Waals surface area contributed by atoms with Gasteiger partial charge in [-0.2, -0.15) is 0 Å². The van der Waals surface area contributed by atoms with Crippen LogP contribution in [0.2, 0.25) is 0 Å². The monoisotopic (exact) mass is 262 g/mol. The van der Waals surface area contributed by atoms with E-state index < -0.39 is 0 Å². The first-order valence-electron chi connectivity index (χ1n) is 6.36. The molecule has 1 N–H and O–H groups in total. The summed E-state index contributed by atoms with van der Waals surface area (Å²) in [5, 5.41) is 3.27. The molecule has 1 unspecified atom stereocenters. The summed E-state index contributed by atoms with van der Waals surface area (Å²) in [5.74, 6) is 0.279. The average Bonchev–Trinajstić information content (AvgIpc) is 2.82. The van der Waals surface area contributed by atoms with E-state index in [1.165, 1.54) is 0 Å². The molecule has 4 nitrogen and oxygen atoms in total. The number of carbonyl (C=O) groups is 1. The summed E-state index contributed by atoms with van der Waals surface area (Å²) in [5.41, 5.74) is 0.